The summed E-state index contributed by atoms with van der Waals surface area (Å²) >= 11 is 0. The Balaban J connectivity index is 0.00000435. The fourth-order valence-electron chi connectivity index (χ4n) is 7.11. The van der Waals surface area contributed by atoms with Crippen LogP contribution >= 0.6 is 0 Å². The molecule has 0 aliphatic heterocycles. The van der Waals surface area contributed by atoms with Gasteiger partial charge in [-0.3, -0.25) is 4.68 Å². The largest absolute Gasteiger partial charge is 2.00 e. The van der Waals surface area contributed by atoms with Crippen LogP contribution in [0.2, 0.25) is 0 Å². The van der Waals surface area contributed by atoms with E-state index < -0.39 is 0 Å². The molecule has 266 valence electrons. The number of aryl methyl sites for hydroxylation is 3. The van der Waals surface area contributed by atoms with Gasteiger partial charge in [0, 0.05) is 34.5 Å². The Morgan fingerprint density at radius 1 is 0.698 bits per heavy atom. The molecular formula is C47H42N4OPt. The number of fused-ring (bicyclic) bond motifs is 3. The van der Waals surface area contributed by atoms with Gasteiger partial charge in [0.1, 0.15) is 5.82 Å². The molecule has 0 spiro atoms. The van der Waals surface area contributed by atoms with Gasteiger partial charge in [-0.1, -0.05) is 99.1 Å². The zero-order valence-corrected chi connectivity index (χ0v) is 33.2. The Hall–Kier alpha value is -5.25. The Labute approximate surface area is 326 Å². The van der Waals surface area contributed by atoms with E-state index in [-0.39, 0.29) is 26.5 Å². The summed E-state index contributed by atoms with van der Waals surface area (Å²) in [6, 6.07) is 47.4. The zero-order valence-electron chi connectivity index (χ0n) is 31.0. The van der Waals surface area contributed by atoms with Crippen LogP contribution < -0.4 is 4.74 Å². The van der Waals surface area contributed by atoms with Crippen LogP contribution in [-0.4, -0.2) is 19.3 Å². The van der Waals surface area contributed by atoms with Gasteiger partial charge in [-0.25, -0.2) is 4.98 Å². The maximum absolute atomic E-state index is 6.70. The predicted octanol–water partition coefficient (Wildman–Crippen LogP) is 12.0. The van der Waals surface area contributed by atoms with E-state index in [1.807, 2.05) is 35.1 Å². The standard InChI is InChI=1S/C47H42N4O.Pt/c1-31-22-24-48-45(25-31)50-43-20-17-37(35-13-9-7-10-14-35)28-42(43)41-19-18-39(30-44(41)50)52-40-27-34(21-23-47(4,5)6)26-38(29-40)51-33(3)46(32(2)49-51)36-15-11-8-12-16-36;/h7-20,22,24-28H,21,23H2,1-6H3;/q-2;+2. The van der Waals surface area contributed by atoms with E-state index in [0.29, 0.717) is 11.5 Å². The quantitative estimate of drug-likeness (QED) is 0.143. The van der Waals surface area contributed by atoms with Crippen LogP contribution in [0.1, 0.15) is 49.7 Å². The first-order valence-corrected chi connectivity index (χ1v) is 18.0. The Morgan fingerprint density at radius 3 is 2.15 bits per heavy atom. The molecular weight excluding hydrogens is 832 g/mol. The normalized spacial score (nSPS) is 11.6. The molecule has 53 heavy (non-hydrogen) atoms. The van der Waals surface area contributed by atoms with Gasteiger partial charge in [-0.05, 0) is 90.6 Å². The van der Waals surface area contributed by atoms with Crippen molar-refractivity contribution >= 4 is 21.8 Å². The van der Waals surface area contributed by atoms with Gasteiger partial charge in [-0.15, -0.1) is 35.7 Å². The van der Waals surface area contributed by atoms with Crippen molar-refractivity contribution in [2.75, 3.05) is 0 Å². The van der Waals surface area contributed by atoms with E-state index in [0.717, 1.165) is 74.2 Å². The molecule has 0 aliphatic carbocycles. The average molecular weight is 874 g/mol. The molecule has 3 heterocycles. The van der Waals surface area contributed by atoms with Gasteiger partial charge < -0.3 is 9.30 Å². The molecule has 6 heteroatoms. The minimum Gasteiger partial charge on any atom is -0.509 e. The summed E-state index contributed by atoms with van der Waals surface area (Å²) in [5, 5.41) is 7.24. The third-order valence-corrected chi connectivity index (χ3v) is 9.74. The van der Waals surface area contributed by atoms with Crippen LogP contribution in [0, 0.1) is 38.3 Å². The molecule has 5 aromatic carbocycles. The molecule has 0 radical (unpaired) electrons. The number of pyridine rings is 1. The second-order valence-corrected chi connectivity index (χ2v) is 14.9. The number of rotatable bonds is 8. The predicted molar refractivity (Wildman–Crippen MR) is 213 cm³/mol. The third-order valence-electron chi connectivity index (χ3n) is 9.74. The van der Waals surface area contributed by atoms with E-state index >= 15 is 0 Å². The molecule has 0 aliphatic rings. The van der Waals surface area contributed by atoms with Crippen molar-refractivity contribution in [1.82, 2.24) is 19.3 Å². The fraction of sp³-hybridized carbons (Fsp3) is 0.191. The first-order chi connectivity index (χ1) is 25.1. The van der Waals surface area contributed by atoms with Gasteiger partial charge in [0.25, 0.3) is 0 Å². The molecule has 0 saturated carbocycles. The van der Waals surface area contributed by atoms with Crippen LogP contribution in [0.25, 0.3) is 55.6 Å². The average Bonchev–Trinajstić information content (AvgIpc) is 3.63. The number of ether oxygens (including phenoxy) is 1. The SMILES string of the molecule is Cc1ccnc(-n2c3[c-]c(Oc4[c-]c(-n5nc(C)c(-c6ccccc6)c5C)cc(CCC(C)(C)C)c4)ccc3c3cc(-c4ccccc4)ccc32)c1.[Pt+2]. The number of hydrogen-bond acceptors (Lipinski definition) is 3. The fourth-order valence-corrected chi connectivity index (χ4v) is 7.11. The summed E-state index contributed by atoms with van der Waals surface area (Å²) in [5.74, 6) is 2.09. The summed E-state index contributed by atoms with van der Waals surface area (Å²) < 4.78 is 10.9. The van der Waals surface area contributed by atoms with Crippen LogP contribution in [-0.2, 0) is 27.5 Å². The topological polar surface area (TPSA) is 44.9 Å². The van der Waals surface area contributed by atoms with E-state index in [9.17, 15) is 0 Å². The third kappa shape index (κ3) is 7.36. The molecule has 0 saturated heterocycles. The molecule has 0 fully saturated rings. The molecule has 0 atom stereocenters. The molecule has 3 aromatic heterocycles. The zero-order chi connectivity index (χ0) is 36.0. The second kappa shape index (κ2) is 14.6. The number of aromatic nitrogens is 4. The van der Waals surface area contributed by atoms with E-state index in [1.165, 1.54) is 16.7 Å². The van der Waals surface area contributed by atoms with Crippen molar-refractivity contribution in [1.29, 1.82) is 0 Å². The number of hydrogen-bond donors (Lipinski definition) is 0. The van der Waals surface area contributed by atoms with Gasteiger partial charge in [0.15, 0.2) is 0 Å². The molecule has 8 aromatic rings. The van der Waals surface area contributed by atoms with Gasteiger partial charge >= 0.3 is 21.1 Å². The van der Waals surface area contributed by atoms with Crippen molar-refractivity contribution in [2.45, 2.75) is 54.4 Å². The molecule has 8 rings (SSSR count). The molecule has 0 unspecified atom stereocenters. The van der Waals surface area contributed by atoms with Crippen molar-refractivity contribution in [3.63, 3.8) is 0 Å². The molecule has 5 nitrogen and oxygen atoms in total. The summed E-state index contributed by atoms with van der Waals surface area (Å²) in [6.45, 7) is 13.1. The molecule has 0 amide bonds. The maximum Gasteiger partial charge on any atom is 2.00 e. The van der Waals surface area contributed by atoms with Gasteiger partial charge in [-0.2, -0.15) is 16.7 Å². The van der Waals surface area contributed by atoms with Crippen molar-refractivity contribution in [2.24, 2.45) is 5.41 Å². The second-order valence-electron chi connectivity index (χ2n) is 14.9. The van der Waals surface area contributed by atoms with Crippen molar-refractivity contribution in [3.05, 3.63) is 156 Å². The van der Waals surface area contributed by atoms with E-state index in [1.54, 1.807) is 0 Å². The molecule has 0 N–H and O–H groups in total. The van der Waals surface area contributed by atoms with Crippen molar-refractivity contribution < 1.29 is 25.8 Å². The first-order valence-electron chi connectivity index (χ1n) is 18.0. The minimum atomic E-state index is 0. The summed E-state index contributed by atoms with van der Waals surface area (Å²) in [7, 11) is 0. The minimum absolute atomic E-state index is 0. The smallest absolute Gasteiger partial charge is 0.509 e. The van der Waals surface area contributed by atoms with Crippen LogP contribution in [0.4, 0.5) is 0 Å². The van der Waals surface area contributed by atoms with Gasteiger partial charge in [0.2, 0.25) is 0 Å². The van der Waals surface area contributed by atoms with E-state index in [2.05, 4.69) is 149 Å². The summed E-state index contributed by atoms with van der Waals surface area (Å²) in [6.07, 6.45) is 3.81. The number of nitrogens with zero attached hydrogens (tertiary/aromatic N) is 4. The van der Waals surface area contributed by atoms with E-state index in [4.69, 9.17) is 14.8 Å². The Morgan fingerprint density at radius 2 is 1.43 bits per heavy atom. The van der Waals surface area contributed by atoms with Crippen molar-refractivity contribution in [3.8, 4) is 45.3 Å². The van der Waals surface area contributed by atoms with Crippen LogP contribution in [0.15, 0.2) is 121 Å². The van der Waals surface area contributed by atoms with Crippen LogP contribution in [0.3, 0.4) is 0 Å². The van der Waals surface area contributed by atoms with Crippen LogP contribution in [0.5, 0.6) is 11.5 Å². The first kappa shape index (κ1) is 36.1. The monoisotopic (exact) mass is 873 g/mol. The summed E-state index contributed by atoms with van der Waals surface area (Å²) in [5.41, 5.74) is 12.0. The number of benzene rings is 5. The summed E-state index contributed by atoms with van der Waals surface area (Å²) in [4.78, 5) is 4.80. The maximum atomic E-state index is 6.70. The van der Waals surface area contributed by atoms with Gasteiger partial charge in [0.05, 0.1) is 5.69 Å². The Kier molecular flexibility index (Phi) is 9.98. The molecule has 0 bridgehead atoms. The Bertz CT molecular complexity index is 2560.